The number of aliphatic hydroxyl groups is 1. The van der Waals surface area contributed by atoms with E-state index in [-0.39, 0.29) is 18.9 Å². The molecule has 0 aromatic rings. The third-order valence-electron chi connectivity index (χ3n) is 1.55. The first-order chi connectivity index (χ1) is 5.27. The summed E-state index contributed by atoms with van der Waals surface area (Å²) < 4.78 is 11.8. The minimum absolute atomic E-state index is 0.0903. The molecule has 0 radical (unpaired) electrons. The summed E-state index contributed by atoms with van der Waals surface area (Å²) in [6, 6.07) is 0. The highest BCUT2D eigenvalue weighted by atomic mass is 31.2. The van der Waals surface area contributed by atoms with Gasteiger partial charge in [-0.3, -0.25) is 0 Å². The van der Waals surface area contributed by atoms with Crippen molar-refractivity contribution in [3.8, 4) is 0 Å². The highest BCUT2D eigenvalue weighted by Gasteiger charge is 2.13. The molecule has 4 nitrogen and oxygen atoms in total. The van der Waals surface area contributed by atoms with Crippen LogP contribution >= 0.6 is 7.37 Å². The Morgan fingerprint density at radius 2 is 1.83 bits per heavy atom. The number of aliphatic hydroxyl groups excluding tert-OH is 1. The molecule has 1 unspecified atom stereocenters. The SMILES string of the molecule is C[N+](C)(C)CCP(=O)([O-])CCO. The van der Waals surface area contributed by atoms with Crippen LogP contribution in [-0.2, 0) is 4.57 Å². The number of hydrogen-bond acceptors (Lipinski definition) is 3. The van der Waals surface area contributed by atoms with Crippen molar-refractivity contribution in [2.75, 3.05) is 46.6 Å². The molecule has 12 heavy (non-hydrogen) atoms. The molecule has 0 saturated heterocycles. The topological polar surface area (TPSA) is 60.4 Å². The fourth-order valence-corrected chi connectivity index (χ4v) is 2.15. The maximum atomic E-state index is 11.1. The van der Waals surface area contributed by atoms with Crippen molar-refractivity contribution in [3.05, 3.63) is 0 Å². The molecule has 0 bridgehead atoms. The highest BCUT2D eigenvalue weighted by molar-refractivity contribution is 7.56. The van der Waals surface area contributed by atoms with Gasteiger partial charge in [0, 0.05) is 26.3 Å². The van der Waals surface area contributed by atoms with Crippen LogP contribution in [0.1, 0.15) is 0 Å². The lowest BCUT2D eigenvalue weighted by Crippen LogP contribution is -2.38. The van der Waals surface area contributed by atoms with E-state index in [1.807, 2.05) is 21.1 Å². The Balaban J connectivity index is 3.84. The number of hydrogen-bond donors (Lipinski definition) is 1. The van der Waals surface area contributed by atoms with Crippen LogP contribution in [0.2, 0.25) is 0 Å². The van der Waals surface area contributed by atoms with E-state index in [1.165, 1.54) is 0 Å². The van der Waals surface area contributed by atoms with Crippen molar-refractivity contribution >= 4 is 7.37 Å². The lowest BCUT2D eigenvalue weighted by Gasteiger charge is -2.29. The lowest BCUT2D eigenvalue weighted by molar-refractivity contribution is -0.867. The van der Waals surface area contributed by atoms with Crippen LogP contribution in [0.3, 0.4) is 0 Å². The van der Waals surface area contributed by atoms with Gasteiger partial charge in [0.05, 0.1) is 27.7 Å². The summed E-state index contributed by atoms with van der Waals surface area (Å²) in [7, 11) is 2.53. The van der Waals surface area contributed by atoms with Gasteiger partial charge in [-0.05, 0) is 0 Å². The van der Waals surface area contributed by atoms with Gasteiger partial charge in [0.2, 0.25) is 0 Å². The summed E-state index contributed by atoms with van der Waals surface area (Å²) in [6.07, 6.45) is 0.0874. The van der Waals surface area contributed by atoms with Crippen molar-refractivity contribution in [2.24, 2.45) is 0 Å². The van der Waals surface area contributed by atoms with Crippen molar-refractivity contribution in [2.45, 2.75) is 0 Å². The van der Waals surface area contributed by atoms with E-state index in [0.717, 1.165) is 0 Å². The van der Waals surface area contributed by atoms with Crippen LogP contribution in [-0.4, -0.2) is 56.2 Å². The molecule has 0 heterocycles. The van der Waals surface area contributed by atoms with E-state index in [9.17, 15) is 9.46 Å². The molecule has 0 aromatic heterocycles. The largest absolute Gasteiger partial charge is 0.799 e. The van der Waals surface area contributed by atoms with Crippen LogP contribution in [0.25, 0.3) is 0 Å². The summed E-state index contributed by atoms with van der Waals surface area (Å²) in [5.74, 6) is 0. The predicted octanol–water partition coefficient (Wildman–Crippen LogP) is -0.677. The standard InChI is InChI=1S/C7H18NO3P/c1-8(2,3)4-6-12(10,11)7-5-9/h9H,4-7H2,1-3H3. The number of quaternary nitrogens is 1. The third-order valence-corrected chi connectivity index (χ3v) is 3.31. The molecule has 0 fully saturated rings. The highest BCUT2D eigenvalue weighted by Crippen LogP contribution is 2.34. The normalized spacial score (nSPS) is 17.4. The Morgan fingerprint density at radius 3 is 2.17 bits per heavy atom. The molecule has 0 aromatic carbocycles. The second-order valence-electron chi connectivity index (χ2n) is 4.00. The van der Waals surface area contributed by atoms with Crippen LogP contribution < -0.4 is 4.89 Å². The summed E-state index contributed by atoms with van der Waals surface area (Å²) in [5.41, 5.74) is 0. The third kappa shape index (κ3) is 6.80. The Bertz CT molecular complexity index is 176. The van der Waals surface area contributed by atoms with Gasteiger partial charge in [-0.1, -0.05) is 0 Å². The Labute approximate surface area is 73.9 Å². The summed E-state index contributed by atoms with van der Waals surface area (Å²) >= 11 is 0. The van der Waals surface area contributed by atoms with E-state index in [1.54, 1.807) is 0 Å². The second kappa shape index (κ2) is 4.38. The zero-order valence-electron chi connectivity index (χ0n) is 7.99. The van der Waals surface area contributed by atoms with Gasteiger partial charge in [-0.2, -0.15) is 0 Å². The Hall–Kier alpha value is 0.110. The van der Waals surface area contributed by atoms with Crippen LogP contribution in [0.15, 0.2) is 0 Å². The van der Waals surface area contributed by atoms with Gasteiger partial charge in [-0.25, -0.2) is 0 Å². The van der Waals surface area contributed by atoms with E-state index < -0.39 is 7.37 Å². The zero-order valence-corrected chi connectivity index (χ0v) is 8.88. The molecule has 5 heteroatoms. The molecule has 1 atom stereocenters. The second-order valence-corrected chi connectivity index (χ2v) is 6.52. The summed E-state index contributed by atoms with van der Waals surface area (Å²) in [4.78, 5) is 11.1. The van der Waals surface area contributed by atoms with Gasteiger partial charge in [0.1, 0.15) is 0 Å². The summed E-state index contributed by atoms with van der Waals surface area (Å²) in [5, 5.41) is 8.45. The minimum atomic E-state index is -3.30. The van der Waals surface area contributed by atoms with Gasteiger partial charge < -0.3 is 19.0 Å². The predicted molar refractivity (Wildman–Crippen MR) is 47.3 cm³/mol. The van der Waals surface area contributed by atoms with E-state index in [4.69, 9.17) is 5.11 Å². The van der Waals surface area contributed by atoms with Gasteiger partial charge in [0.25, 0.3) is 0 Å². The van der Waals surface area contributed by atoms with Gasteiger partial charge in [-0.15, -0.1) is 0 Å². The van der Waals surface area contributed by atoms with Crippen molar-refractivity contribution in [1.29, 1.82) is 0 Å². The number of nitrogens with zero attached hydrogens (tertiary/aromatic N) is 1. The molecule has 0 aliphatic carbocycles. The monoisotopic (exact) mass is 195 g/mol. The average molecular weight is 195 g/mol. The van der Waals surface area contributed by atoms with Gasteiger partial charge >= 0.3 is 0 Å². The first-order valence-electron chi connectivity index (χ1n) is 3.97. The molecule has 0 aliphatic rings. The molecule has 0 saturated carbocycles. The van der Waals surface area contributed by atoms with Crippen molar-refractivity contribution < 1.29 is 19.0 Å². The molecular formula is C7H18NO3P. The zero-order chi connectivity index (χ0) is 9.83. The minimum Gasteiger partial charge on any atom is -0.799 e. The smallest absolute Gasteiger partial charge is 0.0838 e. The van der Waals surface area contributed by atoms with E-state index in [0.29, 0.717) is 11.0 Å². The Morgan fingerprint density at radius 1 is 1.33 bits per heavy atom. The lowest BCUT2D eigenvalue weighted by atomic mass is 10.6. The maximum Gasteiger partial charge on any atom is 0.0838 e. The molecule has 0 spiro atoms. The van der Waals surface area contributed by atoms with Crippen molar-refractivity contribution in [1.82, 2.24) is 0 Å². The first-order valence-corrected chi connectivity index (χ1v) is 5.97. The fourth-order valence-electron chi connectivity index (χ4n) is 0.717. The van der Waals surface area contributed by atoms with E-state index >= 15 is 0 Å². The maximum absolute atomic E-state index is 11.1. The summed E-state index contributed by atoms with van der Waals surface area (Å²) in [6.45, 7) is 0.332. The average Bonchev–Trinajstić information content (AvgIpc) is 1.83. The first kappa shape index (κ1) is 12.1. The van der Waals surface area contributed by atoms with Crippen LogP contribution in [0, 0.1) is 0 Å². The van der Waals surface area contributed by atoms with Crippen molar-refractivity contribution in [3.63, 3.8) is 0 Å². The molecular weight excluding hydrogens is 177 g/mol. The van der Waals surface area contributed by atoms with E-state index in [2.05, 4.69) is 0 Å². The quantitative estimate of drug-likeness (QED) is 0.467. The molecule has 0 aliphatic heterocycles. The van der Waals surface area contributed by atoms with Crippen LogP contribution in [0.5, 0.6) is 0 Å². The van der Waals surface area contributed by atoms with Crippen LogP contribution in [0.4, 0.5) is 0 Å². The molecule has 0 rings (SSSR count). The fraction of sp³-hybridized carbons (Fsp3) is 1.00. The Kier molecular flexibility index (Phi) is 4.42. The molecule has 1 N–H and O–H groups in total. The van der Waals surface area contributed by atoms with Gasteiger partial charge in [0.15, 0.2) is 0 Å². The molecule has 74 valence electrons. The molecule has 0 amide bonds. The number of rotatable bonds is 5.